The van der Waals surface area contributed by atoms with E-state index in [-0.39, 0.29) is 5.91 Å². The molecule has 1 aromatic heterocycles. The molecule has 0 bridgehead atoms. The van der Waals surface area contributed by atoms with Gasteiger partial charge < -0.3 is 0 Å². The molecule has 0 radical (unpaired) electrons. The fraction of sp³-hybridized carbons (Fsp3) is 0.125. The van der Waals surface area contributed by atoms with Crippen LogP contribution in [-0.4, -0.2) is 10.9 Å². The number of aromatic nitrogens is 1. The quantitative estimate of drug-likeness (QED) is 0.703. The molecule has 0 unspecified atom stereocenters. The van der Waals surface area contributed by atoms with Crippen LogP contribution in [0.1, 0.15) is 21.5 Å². The number of rotatable bonds is 2. The summed E-state index contributed by atoms with van der Waals surface area (Å²) in [6, 6.07) is 11.6. The lowest BCUT2D eigenvalue weighted by Crippen LogP contribution is -2.11. The molecule has 0 saturated heterocycles. The third-order valence-corrected chi connectivity index (χ3v) is 4.94. The van der Waals surface area contributed by atoms with Crippen LogP contribution < -0.4 is 5.32 Å². The summed E-state index contributed by atoms with van der Waals surface area (Å²) in [5, 5.41) is 3.48. The number of nitrogens with zero attached hydrogens (tertiary/aromatic N) is 1. The molecule has 1 amide bonds. The Morgan fingerprint density at radius 2 is 2.00 bits per heavy atom. The number of carbonyl (C=O) groups excluding carboxylic acids is 1. The van der Waals surface area contributed by atoms with Crippen molar-refractivity contribution in [3.63, 3.8) is 0 Å². The average molecular weight is 361 g/mol. The highest BCUT2D eigenvalue weighted by Crippen LogP contribution is 2.31. The van der Waals surface area contributed by atoms with Crippen molar-refractivity contribution < 1.29 is 4.79 Å². The van der Waals surface area contributed by atoms with Gasteiger partial charge >= 0.3 is 0 Å². The molecule has 0 atom stereocenters. The Bertz CT molecular complexity index is 841. The van der Waals surface area contributed by atoms with Gasteiger partial charge in [0, 0.05) is 10.0 Å². The number of carbonyl (C=O) groups is 1. The van der Waals surface area contributed by atoms with Crippen molar-refractivity contribution in [3.8, 4) is 0 Å². The number of thiazole rings is 1. The summed E-state index contributed by atoms with van der Waals surface area (Å²) in [6.07, 6.45) is 0. The molecule has 3 aromatic rings. The first kappa shape index (κ1) is 14.2. The Morgan fingerprint density at radius 3 is 2.71 bits per heavy atom. The molecule has 0 aliphatic carbocycles. The molecule has 106 valence electrons. The van der Waals surface area contributed by atoms with Crippen molar-refractivity contribution in [1.82, 2.24) is 4.98 Å². The molecule has 0 saturated carbocycles. The summed E-state index contributed by atoms with van der Waals surface area (Å²) in [5.41, 5.74) is 3.81. The molecule has 1 N–H and O–H groups in total. The van der Waals surface area contributed by atoms with E-state index < -0.39 is 0 Å². The first-order valence-corrected chi connectivity index (χ1v) is 8.09. The number of nitrogens with one attached hydrogen (secondary N) is 1. The third kappa shape index (κ3) is 2.84. The van der Waals surface area contributed by atoms with E-state index in [1.54, 1.807) is 0 Å². The van der Waals surface area contributed by atoms with Gasteiger partial charge in [-0.2, -0.15) is 0 Å². The molecule has 1 heterocycles. The fourth-order valence-electron chi connectivity index (χ4n) is 2.02. The number of halogens is 1. The van der Waals surface area contributed by atoms with Gasteiger partial charge in [-0.3, -0.25) is 10.1 Å². The lowest BCUT2D eigenvalue weighted by molar-refractivity contribution is 0.102. The molecule has 21 heavy (non-hydrogen) atoms. The second kappa shape index (κ2) is 5.58. The van der Waals surface area contributed by atoms with E-state index in [9.17, 15) is 4.79 Å². The molecule has 0 fully saturated rings. The highest BCUT2D eigenvalue weighted by atomic mass is 79.9. The normalized spacial score (nSPS) is 10.8. The zero-order valence-electron chi connectivity index (χ0n) is 11.6. The third-order valence-electron chi connectivity index (χ3n) is 3.36. The maximum absolute atomic E-state index is 12.3. The predicted molar refractivity (Wildman–Crippen MR) is 91.2 cm³/mol. The molecule has 3 rings (SSSR count). The van der Waals surface area contributed by atoms with Crippen molar-refractivity contribution >= 4 is 48.5 Å². The van der Waals surface area contributed by atoms with Gasteiger partial charge in [0.2, 0.25) is 0 Å². The minimum atomic E-state index is -0.131. The second-order valence-electron chi connectivity index (χ2n) is 4.86. The molecule has 0 aliphatic rings. The maximum atomic E-state index is 12.3. The summed E-state index contributed by atoms with van der Waals surface area (Å²) < 4.78 is 1.97. The molecule has 5 heteroatoms. The Hall–Kier alpha value is -1.72. The minimum absolute atomic E-state index is 0.131. The standard InChI is InChI=1S/C16H13BrN2OS/c1-9-6-7-11(8-10(9)2)15(20)19-16-18-14-12(17)4-3-5-13(14)21-16/h3-8H,1-2H3,(H,18,19,20). The van der Waals surface area contributed by atoms with E-state index in [4.69, 9.17) is 0 Å². The zero-order chi connectivity index (χ0) is 15.0. The van der Waals surface area contributed by atoms with Crippen molar-refractivity contribution in [2.24, 2.45) is 0 Å². The number of amides is 1. The summed E-state index contributed by atoms with van der Waals surface area (Å²) in [4.78, 5) is 16.7. The summed E-state index contributed by atoms with van der Waals surface area (Å²) in [5.74, 6) is -0.131. The van der Waals surface area contributed by atoms with Gasteiger partial charge in [-0.05, 0) is 65.2 Å². The van der Waals surface area contributed by atoms with Crippen LogP contribution in [0.2, 0.25) is 0 Å². The summed E-state index contributed by atoms with van der Waals surface area (Å²) in [6.45, 7) is 4.03. The SMILES string of the molecule is Cc1ccc(C(=O)Nc2nc3c(Br)cccc3s2)cc1C. The predicted octanol–water partition coefficient (Wildman–Crippen LogP) is 4.93. The average Bonchev–Trinajstić information content (AvgIpc) is 2.86. The van der Waals surface area contributed by atoms with Crippen LogP contribution in [0.3, 0.4) is 0 Å². The van der Waals surface area contributed by atoms with Gasteiger partial charge in [-0.15, -0.1) is 0 Å². The van der Waals surface area contributed by atoms with Crippen LogP contribution in [0.15, 0.2) is 40.9 Å². The van der Waals surface area contributed by atoms with Crippen LogP contribution in [0.4, 0.5) is 5.13 Å². The number of anilines is 1. The minimum Gasteiger partial charge on any atom is -0.298 e. The van der Waals surface area contributed by atoms with Crippen molar-refractivity contribution in [1.29, 1.82) is 0 Å². The number of hydrogen-bond donors (Lipinski definition) is 1. The van der Waals surface area contributed by atoms with E-state index in [1.807, 2.05) is 50.2 Å². The number of aryl methyl sites for hydroxylation is 2. The monoisotopic (exact) mass is 360 g/mol. The molecule has 0 spiro atoms. The van der Waals surface area contributed by atoms with Gasteiger partial charge in [-0.25, -0.2) is 4.98 Å². The first-order valence-electron chi connectivity index (χ1n) is 6.48. The highest BCUT2D eigenvalue weighted by Gasteiger charge is 2.11. The molecule has 0 aliphatic heterocycles. The van der Waals surface area contributed by atoms with Gasteiger partial charge in [0.15, 0.2) is 5.13 Å². The topological polar surface area (TPSA) is 42.0 Å². The van der Waals surface area contributed by atoms with Crippen LogP contribution in [0, 0.1) is 13.8 Å². The number of fused-ring (bicyclic) bond motifs is 1. The van der Waals surface area contributed by atoms with Crippen molar-refractivity contribution in [2.75, 3.05) is 5.32 Å². The first-order chi connectivity index (χ1) is 10.0. The van der Waals surface area contributed by atoms with E-state index in [1.165, 1.54) is 16.9 Å². The smallest absolute Gasteiger partial charge is 0.257 e. The Morgan fingerprint density at radius 1 is 1.19 bits per heavy atom. The summed E-state index contributed by atoms with van der Waals surface area (Å²) in [7, 11) is 0. The Kier molecular flexibility index (Phi) is 3.78. The van der Waals surface area contributed by atoms with Crippen LogP contribution in [-0.2, 0) is 0 Å². The second-order valence-corrected chi connectivity index (χ2v) is 6.74. The van der Waals surface area contributed by atoms with Crippen molar-refractivity contribution in [2.45, 2.75) is 13.8 Å². The number of para-hydroxylation sites is 1. The molecule has 3 nitrogen and oxygen atoms in total. The van der Waals surface area contributed by atoms with E-state index >= 15 is 0 Å². The van der Waals surface area contributed by atoms with Crippen LogP contribution >= 0.6 is 27.3 Å². The lowest BCUT2D eigenvalue weighted by atomic mass is 10.1. The maximum Gasteiger partial charge on any atom is 0.257 e. The van der Waals surface area contributed by atoms with Crippen molar-refractivity contribution in [3.05, 3.63) is 57.6 Å². The van der Waals surface area contributed by atoms with Crippen LogP contribution in [0.5, 0.6) is 0 Å². The van der Waals surface area contributed by atoms with Gasteiger partial charge in [0.05, 0.1) is 10.2 Å². The van der Waals surface area contributed by atoms with Gasteiger partial charge in [-0.1, -0.05) is 23.5 Å². The summed E-state index contributed by atoms with van der Waals surface area (Å²) >= 11 is 4.94. The Labute approximate surface area is 135 Å². The number of benzene rings is 2. The fourth-order valence-corrected chi connectivity index (χ4v) is 3.49. The van der Waals surface area contributed by atoms with E-state index in [0.29, 0.717) is 10.7 Å². The largest absolute Gasteiger partial charge is 0.298 e. The Balaban J connectivity index is 1.89. The van der Waals surface area contributed by atoms with E-state index in [2.05, 4.69) is 26.2 Å². The lowest BCUT2D eigenvalue weighted by Gasteiger charge is -2.04. The highest BCUT2D eigenvalue weighted by molar-refractivity contribution is 9.10. The molecular formula is C16H13BrN2OS. The zero-order valence-corrected chi connectivity index (χ0v) is 14.0. The van der Waals surface area contributed by atoms with Gasteiger partial charge in [0.1, 0.15) is 0 Å². The molecule has 2 aromatic carbocycles. The van der Waals surface area contributed by atoms with Crippen LogP contribution in [0.25, 0.3) is 10.2 Å². The van der Waals surface area contributed by atoms with E-state index in [0.717, 1.165) is 20.3 Å². The number of hydrogen-bond acceptors (Lipinski definition) is 3. The molecular weight excluding hydrogens is 348 g/mol. The van der Waals surface area contributed by atoms with Gasteiger partial charge in [0.25, 0.3) is 5.91 Å².